The second-order valence-electron chi connectivity index (χ2n) is 14.5. The SMILES string of the molecule is C=C(N)CO/N=C(\CN(C)C(C)c1cc(C)cc(C)c1)C(CCN1CCC(N2CCCC(CC(=O)N(C)C)C2=O)CC1)c1ccc(Cl)c(Cl)c1. The number of hydrogen-bond donors (Lipinski definition) is 1. The van der Waals surface area contributed by atoms with Gasteiger partial charge in [-0.3, -0.25) is 14.5 Å². The molecule has 0 saturated carbocycles. The van der Waals surface area contributed by atoms with E-state index in [-0.39, 0.29) is 42.3 Å². The fourth-order valence-electron chi connectivity index (χ4n) is 7.24. The first-order valence-corrected chi connectivity index (χ1v) is 18.6. The van der Waals surface area contributed by atoms with E-state index >= 15 is 0 Å². The summed E-state index contributed by atoms with van der Waals surface area (Å²) in [5.41, 5.74) is 11.9. The molecule has 2 amide bonds. The molecule has 2 fully saturated rings. The van der Waals surface area contributed by atoms with E-state index in [1.807, 2.05) is 18.2 Å². The molecule has 11 heteroatoms. The summed E-state index contributed by atoms with van der Waals surface area (Å²) in [7, 11) is 5.61. The van der Waals surface area contributed by atoms with Crippen molar-refractivity contribution in [1.29, 1.82) is 0 Å². The Balaban J connectivity index is 1.49. The normalized spacial score (nSPS) is 19.1. The zero-order valence-electron chi connectivity index (χ0n) is 30.8. The lowest BCUT2D eigenvalue weighted by atomic mass is 9.89. The van der Waals surface area contributed by atoms with Crippen LogP contribution in [0.1, 0.15) is 79.7 Å². The van der Waals surface area contributed by atoms with Gasteiger partial charge in [-0.05, 0) is 89.7 Å². The highest BCUT2D eigenvalue weighted by atomic mass is 35.5. The quantitative estimate of drug-likeness (QED) is 0.160. The van der Waals surface area contributed by atoms with Gasteiger partial charge in [0.15, 0.2) is 6.61 Å². The summed E-state index contributed by atoms with van der Waals surface area (Å²) >= 11 is 12.9. The van der Waals surface area contributed by atoms with Crippen LogP contribution in [0.5, 0.6) is 0 Å². The number of piperidine rings is 2. The number of rotatable bonds is 15. The molecule has 0 aliphatic carbocycles. The van der Waals surface area contributed by atoms with Crippen molar-refractivity contribution >= 4 is 40.7 Å². The Kier molecular flexibility index (Phi) is 14.6. The maximum Gasteiger partial charge on any atom is 0.226 e. The third kappa shape index (κ3) is 10.9. The van der Waals surface area contributed by atoms with E-state index in [9.17, 15) is 9.59 Å². The average Bonchev–Trinajstić information content (AvgIpc) is 3.06. The van der Waals surface area contributed by atoms with Crippen molar-refractivity contribution in [3.63, 3.8) is 0 Å². The molecule has 2 heterocycles. The lowest BCUT2D eigenvalue weighted by Gasteiger charge is -2.42. The predicted molar refractivity (Wildman–Crippen MR) is 205 cm³/mol. The van der Waals surface area contributed by atoms with Crippen LogP contribution in [0.3, 0.4) is 0 Å². The maximum atomic E-state index is 13.4. The highest BCUT2D eigenvalue weighted by Crippen LogP contribution is 2.32. The maximum absolute atomic E-state index is 13.4. The zero-order chi connectivity index (χ0) is 36.5. The number of hydrogen-bond acceptors (Lipinski definition) is 7. The topological polar surface area (TPSA) is 94.7 Å². The molecule has 3 atom stereocenters. The van der Waals surface area contributed by atoms with Crippen LogP contribution in [0.2, 0.25) is 10.0 Å². The Morgan fingerprint density at radius 1 is 1.02 bits per heavy atom. The van der Waals surface area contributed by atoms with Crippen molar-refractivity contribution in [2.24, 2.45) is 16.8 Å². The Hall–Kier alpha value is -3.11. The summed E-state index contributed by atoms with van der Waals surface area (Å²) in [5, 5.41) is 5.70. The van der Waals surface area contributed by atoms with Crippen molar-refractivity contribution in [1.82, 2.24) is 19.6 Å². The number of likely N-dealkylation sites (tertiary alicyclic amines) is 2. The van der Waals surface area contributed by atoms with Crippen LogP contribution in [-0.2, 0) is 14.4 Å². The van der Waals surface area contributed by atoms with Crippen LogP contribution in [-0.4, -0.2) is 104 Å². The minimum absolute atomic E-state index is 0.0173. The number of nitrogens with two attached hydrogens (primary N) is 1. The van der Waals surface area contributed by atoms with Crippen LogP contribution in [0.15, 0.2) is 53.8 Å². The van der Waals surface area contributed by atoms with Crippen LogP contribution in [0, 0.1) is 19.8 Å². The number of amides is 2. The van der Waals surface area contributed by atoms with Gasteiger partial charge in [0.25, 0.3) is 0 Å². The van der Waals surface area contributed by atoms with Gasteiger partial charge in [-0.15, -0.1) is 0 Å². The predicted octanol–water partition coefficient (Wildman–Crippen LogP) is 6.80. The fraction of sp³-hybridized carbons (Fsp3) is 0.564. The summed E-state index contributed by atoms with van der Waals surface area (Å²) in [6.07, 6.45) is 4.64. The summed E-state index contributed by atoms with van der Waals surface area (Å²) in [5.74, 6) is -0.148. The Morgan fingerprint density at radius 2 is 1.70 bits per heavy atom. The van der Waals surface area contributed by atoms with E-state index in [0.29, 0.717) is 28.7 Å². The first-order chi connectivity index (χ1) is 23.7. The van der Waals surface area contributed by atoms with Crippen molar-refractivity contribution in [2.75, 3.05) is 60.5 Å². The molecule has 2 saturated heterocycles. The molecule has 2 aromatic rings. The summed E-state index contributed by atoms with van der Waals surface area (Å²) < 4.78 is 0. The van der Waals surface area contributed by atoms with Crippen LogP contribution >= 0.6 is 23.2 Å². The molecule has 2 N–H and O–H groups in total. The molecule has 9 nitrogen and oxygen atoms in total. The minimum Gasteiger partial charge on any atom is -0.400 e. The molecule has 2 aliphatic rings. The van der Waals surface area contributed by atoms with Crippen molar-refractivity contribution in [3.8, 4) is 0 Å². The first kappa shape index (κ1) is 39.7. The summed E-state index contributed by atoms with van der Waals surface area (Å²) in [6, 6.07) is 12.8. The summed E-state index contributed by atoms with van der Waals surface area (Å²) in [4.78, 5) is 40.0. The van der Waals surface area contributed by atoms with Gasteiger partial charge in [0.1, 0.15) is 0 Å². The van der Waals surface area contributed by atoms with Gasteiger partial charge in [0.05, 0.1) is 15.8 Å². The molecule has 50 heavy (non-hydrogen) atoms. The molecule has 0 bridgehead atoms. The number of halogens is 2. The second-order valence-corrected chi connectivity index (χ2v) is 15.3. The number of carbonyl (C=O) groups excluding carboxylic acids is 2. The standard InChI is InChI=1S/C39H56Cl2N6O3/c1-26-19-27(2)21-32(20-26)29(4)45(7)24-37(43-50-25-28(3)42)34(30-10-11-35(40)36(41)22-30)14-18-46-16-12-33(13-17-46)47-15-8-9-31(39(47)49)23-38(48)44(5)6/h10-11,19-22,29,31,33-34H,3,8-9,12-18,23-25,42H2,1-2,4-7H3/b43-37+. The molecule has 2 aliphatic heterocycles. The molecule has 2 aromatic carbocycles. The smallest absolute Gasteiger partial charge is 0.226 e. The highest BCUT2D eigenvalue weighted by molar-refractivity contribution is 6.42. The molecular formula is C39H56Cl2N6O3. The fourth-order valence-corrected chi connectivity index (χ4v) is 7.55. The number of aryl methyl sites for hydroxylation is 2. The van der Waals surface area contributed by atoms with E-state index in [1.165, 1.54) is 16.7 Å². The molecular weight excluding hydrogens is 671 g/mol. The largest absolute Gasteiger partial charge is 0.400 e. The molecule has 0 spiro atoms. The third-order valence-corrected chi connectivity index (χ3v) is 11.0. The third-order valence-electron chi connectivity index (χ3n) is 10.2. The lowest BCUT2D eigenvalue weighted by molar-refractivity contribution is -0.146. The molecule has 3 unspecified atom stereocenters. The van der Waals surface area contributed by atoms with E-state index in [0.717, 1.165) is 69.6 Å². The van der Waals surface area contributed by atoms with Crippen LogP contribution < -0.4 is 5.73 Å². The number of benzene rings is 2. The second kappa shape index (κ2) is 18.4. The Bertz CT molecular complexity index is 1500. The van der Waals surface area contributed by atoms with Gasteiger partial charge < -0.3 is 25.3 Å². The van der Waals surface area contributed by atoms with Gasteiger partial charge in [0.2, 0.25) is 11.8 Å². The van der Waals surface area contributed by atoms with E-state index < -0.39 is 0 Å². The first-order valence-electron chi connectivity index (χ1n) is 17.8. The Labute approximate surface area is 309 Å². The number of oxime groups is 1. The van der Waals surface area contributed by atoms with Crippen LogP contribution in [0.25, 0.3) is 0 Å². The molecule has 4 rings (SSSR count). The Morgan fingerprint density at radius 3 is 2.32 bits per heavy atom. The highest BCUT2D eigenvalue weighted by Gasteiger charge is 2.36. The van der Waals surface area contributed by atoms with E-state index in [2.05, 4.69) is 67.3 Å². The summed E-state index contributed by atoms with van der Waals surface area (Å²) in [6.45, 7) is 14.3. The average molecular weight is 728 g/mol. The number of carbonyl (C=O) groups is 2. The zero-order valence-corrected chi connectivity index (χ0v) is 32.3. The number of nitrogens with zero attached hydrogens (tertiary/aromatic N) is 5. The van der Waals surface area contributed by atoms with Gasteiger partial charge in [-0.2, -0.15) is 0 Å². The molecule has 0 aromatic heterocycles. The van der Waals surface area contributed by atoms with Gasteiger partial charge in [-0.25, -0.2) is 0 Å². The van der Waals surface area contributed by atoms with Gasteiger partial charge in [0, 0.05) is 76.3 Å². The van der Waals surface area contributed by atoms with Crippen molar-refractivity contribution in [3.05, 3.63) is 81.0 Å². The van der Waals surface area contributed by atoms with E-state index in [1.54, 1.807) is 19.0 Å². The van der Waals surface area contributed by atoms with Gasteiger partial charge >= 0.3 is 0 Å². The lowest BCUT2D eigenvalue weighted by Crippen LogP contribution is -2.52. The van der Waals surface area contributed by atoms with Crippen molar-refractivity contribution in [2.45, 2.75) is 77.3 Å². The van der Waals surface area contributed by atoms with Crippen molar-refractivity contribution < 1.29 is 14.4 Å². The van der Waals surface area contributed by atoms with Crippen LogP contribution in [0.4, 0.5) is 0 Å². The minimum atomic E-state index is -0.212. The molecule has 0 radical (unpaired) electrons. The molecule has 274 valence electrons. The van der Waals surface area contributed by atoms with E-state index in [4.69, 9.17) is 38.9 Å². The van der Waals surface area contributed by atoms with Gasteiger partial charge in [-0.1, -0.05) is 70.3 Å². The monoisotopic (exact) mass is 726 g/mol.